The Hall–Kier alpha value is -2.66. The number of nitrogens with zero attached hydrogens (tertiary/aromatic N) is 3. The summed E-state index contributed by atoms with van der Waals surface area (Å²) in [4.78, 5) is 24.6. The highest BCUT2D eigenvalue weighted by atomic mass is 16.2. The van der Waals surface area contributed by atoms with Crippen LogP contribution in [0.3, 0.4) is 0 Å². The van der Waals surface area contributed by atoms with Gasteiger partial charge in [-0.3, -0.25) is 9.69 Å². The molecular formula is C22H26N4O. The fourth-order valence-corrected chi connectivity index (χ4v) is 4.09. The third kappa shape index (κ3) is 3.74. The molecule has 5 nitrogen and oxygen atoms in total. The van der Waals surface area contributed by atoms with Crippen molar-refractivity contribution in [2.24, 2.45) is 0 Å². The van der Waals surface area contributed by atoms with Gasteiger partial charge >= 0.3 is 0 Å². The molecule has 1 N–H and O–H groups in total. The van der Waals surface area contributed by atoms with Crippen LogP contribution in [0.5, 0.6) is 0 Å². The first-order valence-corrected chi connectivity index (χ1v) is 9.75. The van der Waals surface area contributed by atoms with Crippen molar-refractivity contribution in [3.63, 3.8) is 0 Å². The average molecular weight is 362 g/mol. The summed E-state index contributed by atoms with van der Waals surface area (Å²) in [6.07, 6.45) is 5.80. The minimum Gasteiger partial charge on any atom is -0.348 e. The number of hydrogen-bond acceptors (Lipinski definition) is 3. The number of hydrogen-bond donors (Lipinski definition) is 1. The van der Waals surface area contributed by atoms with Gasteiger partial charge in [-0.2, -0.15) is 0 Å². The summed E-state index contributed by atoms with van der Waals surface area (Å²) in [6, 6.07) is 14.4. The molecule has 1 amide bonds. The monoisotopic (exact) mass is 362 g/mol. The standard InChI is InChI=1S/C22H26N4O/c1-2-26(21-9-5-7-17-6-3-4-8-19(17)21)22(27)15-25-12-10-18(11-13-25)20-14-23-16-24-20/h3-9,14,16,18H,2,10-13,15H2,1H3,(H,23,24). The fourth-order valence-electron chi connectivity index (χ4n) is 4.09. The van der Waals surface area contributed by atoms with Crippen LogP contribution in [0.4, 0.5) is 5.69 Å². The summed E-state index contributed by atoms with van der Waals surface area (Å²) in [5, 5.41) is 2.30. The van der Waals surface area contributed by atoms with Gasteiger partial charge in [0.25, 0.3) is 0 Å². The van der Waals surface area contributed by atoms with Crippen molar-refractivity contribution in [1.82, 2.24) is 14.9 Å². The normalized spacial score (nSPS) is 15.9. The predicted molar refractivity (Wildman–Crippen MR) is 109 cm³/mol. The Kier molecular flexibility index (Phi) is 5.21. The number of nitrogens with one attached hydrogen (secondary N) is 1. The molecule has 27 heavy (non-hydrogen) atoms. The molecule has 2 heterocycles. The molecule has 0 bridgehead atoms. The number of rotatable bonds is 5. The molecule has 0 atom stereocenters. The lowest BCUT2D eigenvalue weighted by atomic mass is 9.94. The number of amides is 1. The van der Waals surface area contributed by atoms with E-state index in [1.807, 2.05) is 42.3 Å². The number of piperidine rings is 1. The second-order valence-corrected chi connectivity index (χ2v) is 7.19. The van der Waals surface area contributed by atoms with Crippen LogP contribution < -0.4 is 4.90 Å². The number of likely N-dealkylation sites (N-methyl/N-ethyl adjacent to an activating group) is 1. The second-order valence-electron chi connectivity index (χ2n) is 7.19. The lowest BCUT2D eigenvalue weighted by Gasteiger charge is -2.32. The highest BCUT2D eigenvalue weighted by Gasteiger charge is 2.25. The second kappa shape index (κ2) is 7.92. The van der Waals surface area contributed by atoms with Crippen LogP contribution in [0.2, 0.25) is 0 Å². The zero-order chi connectivity index (χ0) is 18.6. The van der Waals surface area contributed by atoms with Crippen molar-refractivity contribution in [2.75, 3.05) is 31.1 Å². The SMILES string of the molecule is CCN(C(=O)CN1CCC(c2cnc[nH]2)CC1)c1cccc2ccccc12. The van der Waals surface area contributed by atoms with Crippen molar-refractivity contribution in [3.05, 3.63) is 60.7 Å². The minimum atomic E-state index is 0.175. The number of anilines is 1. The van der Waals surface area contributed by atoms with Gasteiger partial charge in [0.15, 0.2) is 0 Å². The molecule has 1 aromatic heterocycles. The van der Waals surface area contributed by atoms with E-state index in [0.717, 1.165) is 37.0 Å². The van der Waals surface area contributed by atoms with Gasteiger partial charge in [-0.1, -0.05) is 36.4 Å². The van der Waals surface area contributed by atoms with Gasteiger partial charge in [0, 0.05) is 29.7 Å². The molecule has 1 aliphatic rings. The predicted octanol–water partition coefficient (Wildman–Crippen LogP) is 3.80. The maximum absolute atomic E-state index is 13.1. The van der Waals surface area contributed by atoms with Crippen LogP contribution >= 0.6 is 0 Å². The Bertz CT molecular complexity index is 892. The van der Waals surface area contributed by atoms with Gasteiger partial charge < -0.3 is 9.88 Å². The quantitative estimate of drug-likeness (QED) is 0.751. The van der Waals surface area contributed by atoms with Crippen molar-refractivity contribution in [2.45, 2.75) is 25.7 Å². The summed E-state index contributed by atoms with van der Waals surface area (Å²) in [5.74, 6) is 0.702. The molecule has 1 saturated heterocycles. The Balaban J connectivity index is 1.44. The molecule has 2 aromatic carbocycles. The zero-order valence-electron chi connectivity index (χ0n) is 15.8. The number of H-pyrrole nitrogens is 1. The van der Waals surface area contributed by atoms with Gasteiger partial charge in [-0.05, 0) is 44.3 Å². The summed E-state index contributed by atoms with van der Waals surface area (Å²) in [5.41, 5.74) is 2.22. The molecule has 5 heteroatoms. The molecule has 1 aliphatic heterocycles. The fraction of sp³-hybridized carbons (Fsp3) is 0.364. The molecule has 4 rings (SSSR count). The molecular weight excluding hydrogens is 336 g/mol. The number of carbonyl (C=O) groups is 1. The smallest absolute Gasteiger partial charge is 0.241 e. The topological polar surface area (TPSA) is 52.2 Å². The van der Waals surface area contributed by atoms with Gasteiger partial charge in [-0.25, -0.2) is 4.98 Å². The highest BCUT2D eigenvalue weighted by Crippen LogP contribution is 2.28. The van der Waals surface area contributed by atoms with Gasteiger partial charge in [-0.15, -0.1) is 0 Å². The van der Waals surface area contributed by atoms with Crippen molar-refractivity contribution in [3.8, 4) is 0 Å². The van der Waals surface area contributed by atoms with Crippen LogP contribution in [0, 0.1) is 0 Å². The first-order chi connectivity index (χ1) is 13.3. The molecule has 3 aromatic rings. The highest BCUT2D eigenvalue weighted by molar-refractivity contribution is 6.04. The van der Waals surface area contributed by atoms with Crippen molar-refractivity contribution in [1.29, 1.82) is 0 Å². The molecule has 0 radical (unpaired) electrons. The van der Waals surface area contributed by atoms with E-state index in [0.29, 0.717) is 19.0 Å². The number of aromatic amines is 1. The van der Waals surface area contributed by atoms with E-state index in [4.69, 9.17) is 0 Å². The lowest BCUT2D eigenvalue weighted by molar-refractivity contribution is -0.119. The number of benzene rings is 2. The Labute approximate surface area is 160 Å². The Morgan fingerprint density at radius 2 is 1.96 bits per heavy atom. The van der Waals surface area contributed by atoms with E-state index in [1.54, 1.807) is 6.33 Å². The number of imidazole rings is 1. The summed E-state index contributed by atoms with van der Waals surface area (Å²) >= 11 is 0. The first kappa shape index (κ1) is 17.7. The third-order valence-electron chi connectivity index (χ3n) is 5.58. The van der Waals surface area contributed by atoms with E-state index in [-0.39, 0.29) is 5.91 Å². The van der Waals surface area contributed by atoms with Crippen LogP contribution in [0.1, 0.15) is 31.4 Å². The van der Waals surface area contributed by atoms with E-state index in [2.05, 4.69) is 33.1 Å². The van der Waals surface area contributed by atoms with E-state index in [1.165, 1.54) is 11.1 Å². The van der Waals surface area contributed by atoms with Crippen LogP contribution in [-0.4, -0.2) is 47.0 Å². The summed E-state index contributed by atoms with van der Waals surface area (Å²) < 4.78 is 0. The van der Waals surface area contributed by atoms with Crippen LogP contribution in [0.25, 0.3) is 10.8 Å². The van der Waals surface area contributed by atoms with Gasteiger partial charge in [0.2, 0.25) is 5.91 Å². The van der Waals surface area contributed by atoms with Crippen molar-refractivity contribution < 1.29 is 4.79 Å². The van der Waals surface area contributed by atoms with Crippen LogP contribution in [0.15, 0.2) is 55.0 Å². The third-order valence-corrected chi connectivity index (χ3v) is 5.58. The largest absolute Gasteiger partial charge is 0.348 e. The Morgan fingerprint density at radius 1 is 1.19 bits per heavy atom. The van der Waals surface area contributed by atoms with E-state index >= 15 is 0 Å². The number of fused-ring (bicyclic) bond motifs is 1. The number of aromatic nitrogens is 2. The zero-order valence-corrected chi connectivity index (χ0v) is 15.8. The number of carbonyl (C=O) groups excluding carboxylic acids is 1. The molecule has 0 saturated carbocycles. The molecule has 1 fully saturated rings. The van der Waals surface area contributed by atoms with E-state index < -0.39 is 0 Å². The Morgan fingerprint density at radius 3 is 2.70 bits per heavy atom. The first-order valence-electron chi connectivity index (χ1n) is 9.75. The summed E-state index contributed by atoms with van der Waals surface area (Å²) in [7, 11) is 0. The number of likely N-dealkylation sites (tertiary alicyclic amines) is 1. The molecule has 0 aliphatic carbocycles. The van der Waals surface area contributed by atoms with E-state index in [9.17, 15) is 4.79 Å². The maximum atomic E-state index is 13.1. The maximum Gasteiger partial charge on any atom is 0.241 e. The molecule has 0 unspecified atom stereocenters. The van der Waals surface area contributed by atoms with Crippen molar-refractivity contribution >= 4 is 22.4 Å². The minimum absolute atomic E-state index is 0.175. The average Bonchev–Trinajstić information content (AvgIpc) is 3.24. The van der Waals surface area contributed by atoms with Gasteiger partial charge in [0.05, 0.1) is 18.6 Å². The lowest BCUT2D eigenvalue weighted by Crippen LogP contribution is -2.43. The molecule has 140 valence electrons. The summed E-state index contributed by atoms with van der Waals surface area (Å²) in [6.45, 7) is 5.10. The molecule has 0 spiro atoms. The van der Waals surface area contributed by atoms with Gasteiger partial charge in [0.1, 0.15) is 0 Å². The van der Waals surface area contributed by atoms with Crippen LogP contribution in [-0.2, 0) is 4.79 Å².